The van der Waals surface area contributed by atoms with E-state index in [-0.39, 0.29) is 24.3 Å². The Balaban J connectivity index is 1.76. The van der Waals surface area contributed by atoms with E-state index in [1.165, 1.54) is 6.92 Å². The highest BCUT2D eigenvalue weighted by Gasteiger charge is 2.16. The van der Waals surface area contributed by atoms with Crippen molar-refractivity contribution >= 4 is 34.8 Å². The Morgan fingerprint density at radius 1 is 1.08 bits per heavy atom. The Hall–Kier alpha value is -3.35. The molecule has 0 saturated carbocycles. The molecule has 0 spiro atoms. The number of carbonyl (C=O) groups is 3. The van der Waals surface area contributed by atoms with Crippen molar-refractivity contribution in [2.45, 2.75) is 6.92 Å². The average molecular weight is 325 g/mol. The summed E-state index contributed by atoms with van der Waals surface area (Å²) in [5, 5.41) is 8.05. The summed E-state index contributed by atoms with van der Waals surface area (Å²) in [6, 6.07) is 11.6. The number of hydrogen-bond acceptors (Lipinski definition) is 4. The number of fused-ring (bicyclic) bond motifs is 1. The van der Waals surface area contributed by atoms with Crippen LogP contribution in [0.4, 0.5) is 17.1 Å². The van der Waals surface area contributed by atoms with Gasteiger partial charge in [0.1, 0.15) is 5.75 Å². The zero-order valence-corrected chi connectivity index (χ0v) is 12.9. The fourth-order valence-corrected chi connectivity index (χ4v) is 2.31. The predicted molar refractivity (Wildman–Crippen MR) is 89.3 cm³/mol. The molecular weight excluding hydrogens is 310 g/mol. The molecule has 0 atom stereocenters. The van der Waals surface area contributed by atoms with Crippen LogP contribution in [-0.2, 0) is 9.59 Å². The molecule has 0 aliphatic carbocycles. The van der Waals surface area contributed by atoms with Gasteiger partial charge < -0.3 is 20.7 Å². The van der Waals surface area contributed by atoms with Crippen LogP contribution in [0.3, 0.4) is 0 Å². The van der Waals surface area contributed by atoms with Crippen molar-refractivity contribution in [3.63, 3.8) is 0 Å². The van der Waals surface area contributed by atoms with Crippen LogP contribution in [-0.4, -0.2) is 24.3 Å². The summed E-state index contributed by atoms with van der Waals surface area (Å²) < 4.78 is 5.27. The molecule has 2 aromatic carbocycles. The van der Waals surface area contributed by atoms with Crippen molar-refractivity contribution < 1.29 is 19.1 Å². The minimum absolute atomic E-state index is 0.0192. The van der Waals surface area contributed by atoms with Crippen molar-refractivity contribution in [1.29, 1.82) is 0 Å². The van der Waals surface area contributed by atoms with E-state index in [1.807, 2.05) is 0 Å². The Bertz CT molecular complexity index is 832. The Kier molecular flexibility index (Phi) is 4.15. The van der Waals surface area contributed by atoms with Gasteiger partial charge in [0, 0.05) is 23.9 Å². The van der Waals surface area contributed by atoms with E-state index in [9.17, 15) is 14.4 Å². The van der Waals surface area contributed by atoms with E-state index in [1.54, 1.807) is 42.5 Å². The zero-order valence-electron chi connectivity index (χ0n) is 12.9. The Labute approximate surface area is 138 Å². The van der Waals surface area contributed by atoms with Gasteiger partial charge in [-0.1, -0.05) is 6.07 Å². The number of carbonyl (C=O) groups excluding carboxylic acids is 3. The molecule has 7 nitrogen and oxygen atoms in total. The molecule has 0 fully saturated rings. The minimum Gasteiger partial charge on any atom is -0.482 e. The van der Waals surface area contributed by atoms with Gasteiger partial charge >= 0.3 is 0 Å². The number of anilines is 3. The first-order valence-electron chi connectivity index (χ1n) is 7.27. The van der Waals surface area contributed by atoms with Gasteiger partial charge in [-0.2, -0.15) is 0 Å². The smallest absolute Gasteiger partial charge is 0.262 e. The van der Waals surface area contributed by atoms with Gasteiger partial charge in [0.05, 0.1) is 5.69 Å². The molecular formula is C17H15N3O4. The van der Waals surface area contributed by atoms with Gasteiger partial charge in [-0.05, 0) is 36.4 Å². The largest absolute Gasteiger partial charge is 0.482 e. The number of rotatable bonds is 3. The number of nitrogens with one attached hydrogen (secondary N) is 3. The minimum atomic E-state index is -0.329. The van der Waals surface area contributed by atoms with Gasteiger partial charge in [0.15, 0.2) is 6.61 Å². The van der Waals surface area contributed by atoms with Gasteiger partial charge in [-0.3, -0.25) is 14.4 Å². The van der Waals surface area contributed by atoms with Crippen molar-refractivity contribution in [1.82, 2.24) is 0 Å². The summed E-state index contributed by atoms with van der Waals surface area (Å²) >= 11 is 0. The number of hydrogen-bond donors (Lipinski definition) is 3. The Morgan fingerprint density at radius 2 is 1.88 bits per heavy atom. The number of amides is 3. The van der Waals surface area contributed by atoms with E-state index in [2.05, 4.69) is 16.0 Å². The standard InChI is InChI=1S/C17H15N3O4/c1-10(21)18-12-4-2-3-11(7-12)17(23)19-13-5-6-15-14(8-13)20-16(22)9-24-15/h2-8H,9H2,1H3,(H,18,21)(H,19,23)(H,20,22). The summed E-state index contributed by atoms with van der Waals surface area (Å²) in [7, 11) is 0. The second kappa shape index (κ2) is 6.41. The molecule has 3 amide bonds. The molecule has 0 aromatic heterocycles. The maximum absolute atomic E-state index is 12.3. The molecule has 3 rings (SSSR count). The van der Waals surface area contributed by atoms with Crippen molar-refractivity contribution in [3.8, 4) is 5.75 Å². The fourth-order valence-electron chi connectivity index (χ4n) is 2.31. The monoisotopic (exact) mass is 325 g/mol. The lowest BCUT2D eigenvalue weighted by Crippen LogP contribution is -2.25. The van der Waals surface area contributed by atoms with Gasteiger partial charge in [-0.25, -0.2) is 0 Å². The molecule has 0 unspecified atom stereocenters. The van der Waals surface area contributed by atoms with Crippen LogP contribution in [0.25, 0.3) is 0 Å². The molecule has 1 heterocycles. The third-order valence-electron chi connectivity index (χ3n) is 3.32. The first kappa shape index (κ1) is 15.5. The summed E-state index contributed by atoms with van der Waals surface area (Å²) in [6.45, 7) is 1.38. The molecule has 24 heavy (non-hydrogen) atoms. The van der Waals surface area contributed by atoms with Gasteiger partial charge in [0.2, 0.25) is 5.91 Å². The lowest BCUT2D eigenvalue weighted by Gasteiger charge is -2.18. The van der Waals surface area contributed by atoms with E-state index in [0.29, 0.717) is 28.4 Å². The molecule has 3 N–H and O–H groups in total. The third kappa shape index (κ3) is 3.52. The molecule has 1 aliphatic rings. The maximum atomic E-state index is 12.3. The summed E-state index contributed by atoms with van der Waals surface area (Å²) in [5.74, 6) is -0.225. The average Bonchev–Trinajstić information content (AvgIpc) is 2.54. The van der Waals surface area contributed by atoms with Gasteiger partial charge in [0.25, 0.3) is 11.8 Å². The number of benzene rings is 2. The van der Waals surface area contributed by atoms with Crippen molar-refractivity contribution in [2.75, 3.05) is 22.6 Å². The lowest BCUT2D eigenvalue weighted by molar-refractivity contribution is -0.118. The van der Waals surface area contributed by atoms with Crippen molar-refractivity contribution in [2.24, 2.45) is 0 Å². The normalized spacial score (nSPS) is 12.5. The quantitative estimate of drug-likeness (QED) is 0.806. The highest BCUT2D eigenvalue weighted by Crippen LogP contribution is 2.30. The van der Waals surface area contributed by atoms with E-state index >= 15 is 0 Å². The van der Waals surface area contributed by atoms with Crippen LogP contribution in [0.15, 0.2) is 42.5 Å². The molecule has 0 saturated heterocycles. The summed E-state index contributed by atoms with van der Waals surface area (Å²) in [5.41, 5.74) is 1.98. The highest BCUT2D eigenvalue weighted by molar-refractivity contribution is 6.06. The SMILES string of the molecule is CC(=O)Nc1cccc(C(=O)Nc2ccc3c(c2)NC(=O)CO3)c1. The van der Waals surface area contributed by atoms with Crippen LogP contribution in [0, 0.1) is 0 Å². The van der Waals surface area contributed by atoms with E-state index < -0.39 is 0 Å². The topological polar surface area (TPSA) is 96.5 Å². The predicted octanol–water partition coefficient (Wildman–Crippen LogP) is 2.23. The van der Waals surface area contributed by atoms with Crippen LogP contribution in [0.2, 0.25) is 0 Å². The Morgan fingerprint density at radius 3 is 2.67 bits per heavy atom. The lowest BCUT2D eigenvalue weighted by atomic mass is 10.1. The molecule has 2 aromatic rings. The van der Waals surface area contributed by atoms with Crippen LogP contribution < -0.4 is 20.7 Å². The molecule has 1 aliphatic heterocycles. The highest BCUT2D eigenvalue weighted by atomic mass is 16.5. The summed E-state index contributed by atoms with van der Waals surface area (Å²) in [4.78, 5) is 34.8. The second-order valence-corrected chi connectivity index (χ2v) is 5.26. The third-order valence-corrected chi connectivity index (χ3v) is 3.32. The maximum Gasteiger partial charge on any atom is 0.262 e. The first-order chi connectivity index (χ1) is 11.5. The van der Waals surface area contributed by atoms with Crippen LogP contribution in [0.1, 0.15) is 17.3 Å². The first-order valence-corrected chi connectivity index (χ1v) is 7.27. The fraction of sp³-hybridized carbons (Fsp3) is 0.118. The van der Waals surface area contributed by atoms with Crippen LogP contribution >= 0.6 is 0 Å². The number of ether oxygens (including phenoxy) is 1. The van der Waals surface area contributed by atoms with Gasteiger partial charge in [-0.15, -0.1) is 0 Å². The summed E-state index contributed by atoms with van der Waals surface area (Å²) in [6.07, 6.45) is 0. The second-order valence-electron chi connectivity index (χ2n) is 5.26. The van der Waals surface area contributed by atoms with Crippen LogP contribution in [0.5, 0.6) is 5.75 Å². The zero-order chi connectivity index (χ0) is 17.1. The molecule has 7 heteroatoms. The van der Waals surface area contributed by atoms with E-state index in [0.717, 1.165) is 0 Å². The van der Waals surface area contributed by atoms with E-state index in [4.69, 9.17) is 4.74 Å². The van der Waals surface area contributed by atoms with Crippen molar-refractivity contribution in [3.05, 3.63) is 48.0 Å². The molecule has 122 valence electrons. The molecule has 0 bridgehead atoms. The molecule has 0 radical (unpaired) electrons.